The van der Waals surface area contributed by atoms with Crippen LogP contribution in [0.2, 0.25) is 0 Å². The maximum absolute atomic E-state index is 11.4. The van der Waals surface area contributed by atoms with E-state index in [2.05, 4.69) is 10.8 Å². The summed E-state index contributed by atoms with van der Waals surface area (Å²) in [6.45, 7) is 6.94. The maximum Gasteiger partial charge on any atom is 0.225 e. The number of amides is 1. The van der Waals surface area contributed by atoms with Crippen LogP contribution in [-0.2, 0) is 9.63 Å². The van der Waals surface area contributed by atoms with E-state index in [9.17, 15) is 4.79 Å². The smallest absolute Gasteiger partial charge is 0.225 e. The minimum absolute atomic E-state index is 0.0693. The van der Waals surface area contributed by atoms with Crippen LogP contribution in [0.5, 0.6) is 0 Å². The molecule has 70 valence electrons. The van der Waals surface area contributed by atoms with E-state index in [4.69, 9.17) is 4.84 Å². The molecule has 1 atom stereocenters. The molecule has 1 amide bonds. The number of hydrogen-bond donors (Lipinski definition) is 2. The third-order valence-corrected chi connectivity index (χ3v) is 1.73. The Balaban J connectivity index is 2.35. The van der Waals surface area contributed by atoms with Gasteiger partial charge in [-0.05, 0) is 0 Å². The Bertz CT molecular complexity index is 168. The van der Waals surface area contributed by atoms with Crippen LogP contribution in [0.25, 0.3) is 0 Å². The van der Waals surface area contributed by atoms with E-state index < -0.39 is 0 Å². The van der Waals surface area contributed by atoms with E-state index in [1.165, 1.54) is 0 Å². The van der Waals surface area contributed by atoms with Gasteiger partial charge in [0.15, 0.2) is 0 Å². The highest BCUT2D eigenvalue weighted by Crippen LogP contribution is 2.13. The molecule has 1 rings (SSSR count). The van der Waals surface area contributed by atoms with Crippen LogP contribution >= 0.6 is 0 Å². The minimum atomic E-state index is -0.317. The highest BCUT2D eigenvalue weighted by Gasteiger charge is 2.25. The van der Waals surface area contributed by atoms with Gasteiger partial charge in [-0.25, -0.2) is 5.48 Å². The molecule has 0 saturated carbocycles. The standard InChI is InChI=1S/C8H16N2O2/c1-8(2,3)7(11)10-6-4-9-12-5-6/h6,9H,4-5H2,1-3H3,(H,10,11)/t6-/m1/s1. The highest BCUT2D eigenvalue weighted by molar-refractivity contribution is 5.81. The van der Waals surface area contributed by atoms with Gasteiger partial charge in [0.25, 0.3) is 0 Å². The van der Waals surface area contributed by atoms with E-state index in [1.54, 1.807) is 0 Å². The van der Waals surface area contributed by atoms with Gasteiger partial charge in [-0.3, -0.25) is 9.63 Å². The van der Waals surface area contributed by atoms with Crippen molar-refractivity contribution in [3.8, 4) is 0 Å². The molecule has 2 N–H and O–H groups in total. The maximum atomic E-state index is 11.4. The summed E-state index contributed by atoms with van der Waals surface area (Å²) in [5.74, 6) is 0.0693. The van der Waals surface area contributed by atoms with Gasteiger partial charge in [0.05, 0.1) is 12.6 Å². The van der Waals surface area contributed by atoms with Crippen LogP contribution in [0, 0.1) is 5.41 Å². The lowest BCUT2D eigenvalue weighted by Crippen LogP contribution is -2.43. The zero-order valence-corrected chi connectivity index (χ0v) is 7.81. The third kappa shape index (κ3) is 2.46. The molecule has 12 heavy (non-hydrogen) atoms. The van der Waals surface area contributed by atoms with Crippen molar-refractivity contribution in [1.82, 2.24) is 10.8 Å². The van der Waals surface area contributed by atoms with Crippen molar-refractivity contribution in [2.45, 2.75) is 26.8 Å². The number of hydrogen-bond acceptors (Lipinski definition) is 3. The van der Waals surface area contributed by atoms with Crippen molar-refractivity contribution in [2.24, 2.45) is 5.41 Å². The quantitative estimate of drug-likeness (QED) is 0.587. The summed E-state index contributed by atoms with van der Waals surface area (Å²) in [5.41, 5.74) is 2.40. The van der Waals surface area contributed by atoms with Crippen LogP contribution in [0.1, 0.15) is 20.8 Å². The Labute approximate surface area is 72.6 Å². The monoisotopic (exact) mass is 172 g/mol. The van der Waals surface area contributed by atoms with Gasteiger partial charge >= 0.3 is 0 Å². The fourth-order valence-corrected chi connectivity index (χ4v) is 0.873. The van der Waals surface area contributed by atoms with Gasteiger partial charge in [0, 0.05) is 12.0 Å². The van der Waals surface area contributed by atoms with Crippen molar-refractivity contribution in [1.29, 1.82) is 0 Å². The van der Waals surface area contributed by atoms with Gasteiger partial charge < -0.3 is 5.32 Å². The predicted molar refractivity (Wildman–Crippen MR) is 45.3 cm³/mol. The SMILES string of the molecule is CC(C)(C)C(=O)N[C@@H]1CNOC1. The number of nitrogens with one attached hydrogen (secondary N) is 2. The molecular formula is C8H16N2O2. The molecule has 1 saturated heterocycles. The molecule has 0 aromatic carbocycles. The first-order valence-corrected chi connectivity index (χ1v) is 4.16. The molecule has 1 fully saturated rings. The first-order valence-electron chi connectivity index (χ1n) is 4.16. The molecule has 0 aliphatic carbocycles. The van der Waals surface area contributed by atoms with Crippen molar-refractivity contribution < 1.29 is 9.63 Å². The number of rotatable bonds is 1. The van der Waals surface area contributed by atoms with Gasteiger partial charge in [0.2, 0.25) is 5.91 Å². The van der Waals surface area contributed by atoms with Crippen molar-refractivity contribution in [2.75, 3.05) is 13.2 Å². The summed E-state index contributed by atoms with van der Waals surface area (Å²) >= 11 is 0. The largest absolute Gasteiger partial charge is 0.349 e. The van der Waals surface area contributed by atoms with Gasteiger partial charge in [-0.1, -0.05) is 20.8 Å². The molecule has 1 aliphatic rings. The molecular weight excluding hydrogens is 156 g/mol. The second kappa shape index (κ2) is 3.41. The Hall–Kier alpha value is -0.610. The van der Waals surface area contributed by atoms with Crippen molar-refractivity contribution in [3.05, 3.63) is 0 Å². The zero-order valence-electron chi connectivity index (χ0n) is 7.81. The Morgan fingerprint density at radius 1 is 1.58 bits per heavy atom. The molecule has 1 aliphatic heterocycles. The van der Waals surface area contributed by atoms with Crippen LogP contribution in [0.15, 0.2) is 0 Å². The zero-order chi connectivity index (χ0) is 9.19. The van der Waals surface area contributed by atoms with Crippen molar-refractivity contribution >= 4 is 5.91 Å². The molecule has 0 radical (unpaired) electrons. The lowest BCUT2D eigenvalue weighted by atomic mass is 9.95. The molecule has 4 heteroatoms. The second-order valence-electron chi connectivity index (χ2n) is 4.08. The number of carbonyl (C=O) groups excluding carboxylic acids is 1. The number of hydroxylamine groups is 1. The van der Waals surface area contributed by atoms with E-state index in [0.717, 1.165) is 0 Å². The average molecular weight is 172 g/mol. The topological polar surface area (TPSA) is 50.4 Å². The van der Waals surface area contributed by atoms with E-state index in [1.807, 2.05) is 20.8 Å². The van der Waals surface area contributed by atoms with Gasteiger partial charge in [-0.2, -0.15) is 0 Å². The normalized spacial score (nSPS) is 24.1. The van der Waals surface area contributed by atoms with E-state index in [0.29, 0.717) is 13.2 Å². The minimum Gasteiger partial charge on any atom is -0.349 e. The van der Waals surface area contributed by atoms with Gasteiger partial charge in [-0.15, -0.1) is 0 Å². The lowest BCUT2D eigenvalue weighted by molar-refractivity contribution is -0.129. The van der Waals surface area contributed by atoms with Crippen molar-refractivity contribution in [3.63, 3.8) is 0 Å². The Morgan fingerprint density at radius 3 is 2.67 bits per heavy atom. The molecule has 0 aromatic rings. The van der Waals surface area contributed by atoms with Crippen LogP contribution in [0.4, 0.5) is 0 Å². The summed E-state index contributed by atoms with van der Waals surface area (Å²) in [4.78, 5) is 16.3. The molecule has 0 unspecified atom stereocenters. The van der Waals surface area contributed by atoms with Crippen LogP contribution < -0.4 is 10.8 Å². The summed E-state index contributed by atoms with van der Waals surface area (Å²) in [6, 6.07) is 0.122. The Morgan fingerprint density at radius 2 is 2.25 bits per heavy atom. The summed E-state index contributed by atoms with van der Waals surface area (Å²) in [7, 11) is 0. The van der Waals surface area contributed by atoms with E-state index in [-0.39, 0.29) is 17.4 Å². The summed E-state index contributed by atoms with van der Waals surface area (Å²) in [6.07, 6.45) is 0. The fraction of sp³-hybridized carbons (Fsp3) is 0.875. The predicted octanol–water partition coefficient (Wildman–Crippen LogP) is 0.0521. The fourth-order valence-electron chi connectivity index (χ4n) is 0.873. The number of carbonyl (C=O) groups is 1. The van der Waals surface area contributed by atoms with Crippen LogP contribution in [0.3, 0.4) is 0 Å². The highest BCUT2D eigenvalue weighted by atomic mass is 16.7. The lowest BCUT2D eigenvalue weighted by Gasteiger charge is -2.20. The first-order chi connectivity index (χ1) is 5.50. The molecule has 4 nitrogen and oxygen atoms in total. The Kier molecular flexibility index (Phi) is 2.69. The van der Waals surface area contributed by atoms with E-state index >= 15 is 0 Å². The molecule has 0 aromatic heterocycles. The van der Waals surface area contributed by atoms with Crippen LogP contribution in [-0.4, -0.2) is 25.1 Å². The first kappa shape index (κ1) is 9.48. The summed E-state index contributed by atoms with van der Waals surface area (Å²) in [5, 5.41) is 2.89. The molecule has 1 heterocycles. The molecule has 0 spiro atoms. The molecule has 0 bridgehead atoms. The second-order valence-corrected chi connectivity index (χ2v) is 4.08. The summed E-state index contributed by atoms with van der Waals surface area (Å²) < 4.78 is 0. The third-order valence-electron chi connectivity index (χ3n) is 1.73. The average Bonchev–Trinajstić information content (AvgIpc) is 2.37. The van der Waals surface area contributed by atoms with Gasteiger partial charge in [0.1, 0.15) is 0 Å².